The van der Waals surface area contributed by atoms with Crippen LogP contribution in [0.5, 0.6) is 5.75 Å². The van der Waals surface area contributed by atoms with Gasteiger partial charge in [-0.15, -0.1) is 0 Å². The average molecular weight is 597 g/mol. The van der Waals surface area contributed by atoms with Crippen LogP contribution in [0.4, 0.5) is 24.8 Å². The molecule has 1 saturated carbocycles. The molecule has 0 aliphatic heterocycles. The summed E-state index contributed by atoms with van der Waals surface area (Å²) < 4.78 is 47.1. The molecule has 1 aliphatic rings. The normalized spacial score (nSPS) is 18.7. The van der Waals surface area contributed by atoms with E-state index in [1.807, 2.05) is 18.2 Å². The number of aliphatic carboxylic acids is 1. The predicted octanol–water partition coefficient (Wildman–Crippen LogP) is 6.04. The minimum atomic E-state index is -4.59. The van der Waals surface area contributed by atoms with Crippen LogP contribution in [-0.2, 0) is 11.0 Å². The average Bonchev–Trinajstić information content (AvgIpc) is 3.57. The first kappa shape index (κ1) is 29.8. The molecule has 43 heavy (non-hydrogen) atoms. The summed E-state index contributed by atoms with van der Waals surface area (Å²) in [7, 11) is 0. The zero-order chi connectivity index (χ0) is 31.1. The minimum Gasteiger partial charge on any atom is -0.493 e. The molecule has 3 heterocycles. The fourth-order valence-corrected chi connectivity index (χ4v) is 5.82. The van der Waals surface area contributed by atoms with Crippen molar-refractivity contribution in [3.63, 3.8) is 0 Å². The first-order chi connectivity index (χ1) is 20.4. The molecule has 0 bridgehead atoms. The van der Waals surface area contributed by atoms with Crippen molar-refractivity contribution < 1.29 is 32.6 Å². The maximum atomic E-state index is 13.1. The second-order valence-corrected chi connectivity index (χ2v) is 10.9. The Morgan fingerprint density at radius 1 is 1.21 bits per heavy atom. The third kappa shape index (κ3) is 5.46. The minimum absolute atomic E-state index is 0.0678. The number of imidazole rings is 1. The summed E-state index contributed by atoms with van der Waals surface area (Å²) in [4.78, 5) is 38.3. The molecule has 1 unspecified atom stereocenters. The summed E-state index contributed by atoms with van der Waals surface area (Å²) in [6.45, 7) is 5.86. The SMILES string of the molecule is CCOc1cc(C(=O)Nc2cc(C(F)(F)F)ccn2)ccc1-c1nc(C2CC[C@@](C(=O)O)(C(C)C)C2)n2ccnc(N)c12. The van der Waals surface area contributed by atoms with E-state index >= 15 is 0 Å². The van der Waals surface area contributed by atoms with Crippen LogP contribution in [0, 0.1) is 11.3 Å². The molecular weight excluding hydrogens is 565 g/mol. The number of nitrogen functional groups attached to an aromatic ring is 1. The number of carboxylic acids is 1. The molecule has 226 valence electrons. The van der Waals surface area contributed by atoms with Crippen molar-refractivity contribution in [2.24, 2.45) is 11.3 Å². The smallest absolute Gasteiger partial charge is 0.416 e. The number of nitrogens with two attached hydrogens (primary N) is 1. The zero-order valence-electron chi connectivity index (χ0n) is 23.8. The Bertz CT molecular complexity index is 1700. The summed E-state index contributed by atoms with van der Waals surface area (Å²) in [6.07, 6.45) is 1.24. The largest absolute Gasteiger partial charge is 0.493 e. The summed E-state index contributed by atoms with van der Waals surface area (Å²) in [5, 5.41) is 12.5. The van der Waals surface area contributed by atoms with Crippen LogP contribution in [0.1, 0.15) is 67.7 Å². The summed E-state index contributed by atoms with van der Waals surface area (Å²) in [6, 6.07) is 6.18. The Balaban J connectivity index is 1.53. The molecule has 5 rings (SSSR count). The van der Waals surface area contributed by atoms with Gasteiger partial charge in [-0.2, -0.15) is 13.2 Å². The van der Waals surface area contributed by atoms with Crippen LogP contribution >= 0.6 is 0 Å². The van der Waals surface area contributed by atoms with E-state index in [0.29, 0.717) is 47.6 Å². The highest BCUT2D eigenvalue weighted by Gasteiger charge is 2.49. The van der Waals surface area contributed by atoms with Crippen molar-refractivity contribution in [1.29, 1.82) is 0 Å². The first-order valence-electron chi connectivity index (χ1n) is 13.8. The van der Waals surface area contributed by atoms with E-state index in [1.165, 1.54) is 12.1 Å². The number of hydrogen-bond acceptors (Lipinski definition) is 7. The van der Waals surface area contributed by atoms with Gasteiger partial charge in [0.05, 0.1) is 17.6 Å². The molecule has 10 nitrogen and oxygen atoms in total. The van der Waals surface area contributed by atoms with Crippen LogP contribution in [0.2, 0.25) is 0 Å². The van der Waals surface area contributed by atoms with Gasteiger partial charge >= 0.3 is 12.1 Å². The topological polar surface area (TPSA) is 145 Å². The van der Waals surface area contributed by atoms with Gasteiger partial charge < -0.3 is 20.9 Å². The van der Waals surface area contributed by atoms with Crippen LogP contribution in [0.15, 0.2) is 48.9 Å². The fraction of sp³-hybridized carbons (Fsp3) is 0.367. The number of aromatic nitrogens is 4. The number of carbonyl (C=O) groups is 2. The monoisotopic (exact) mass is 596 g/mol. The number of carbonyl (C=O) groups excluding carboxylic acids is 1. The van der Waals surface area contributed by atoms with Gasteiger partial charge in [0.25, 0.3) is 5.91 Å². The van der Waals surface area contributed by atoms with E-state index in [-0.39, 0.29) is 35.6 Å². The van der Waals surface area contributed by atoms with Gasteiger partial charge in [-0.1, -0.05) is 13.8 Å². The maximum Gasteiger partial charge on any atom is 0.416 e. The first-order valence-corrected chi connectivity index (χ1v) is 13.8. The number of nitrogens with zero attached hydrogens (tertiary/aromatic N) is 4. The fourth-order valence-electron chi connectivity index (χ4n) is 5.82. The van der Waals surface area contributed by atoms with Gasteiger partial charge in [-0.25, -0.2) is 15.0 Å². The van der Waals surface area contributed by atoms with Gasteiger partial charge in [0.2, 0.25) is 0 Å². The van der Waals surface area contributed by atoms with E-state index in [2.05, 4.69) is 15.3 Å². The number of alkyl halides is 3. The van der Waals surface area contributed by atoms with Gasteiger partial charge in [0, 0.05) is 35.6 Å². The third-order valence-corrected chi connectivity index (χ3v) is 8.18. The zero-order valence-corrected chi connectivity index (χ0v) is 23.8. The highest BCUT2D eigenvalue weighted by Crippen LogP contribution is 2.51. The van der Waals surface area contributed by atoms with Crippen molar-refractivity contribution in [2.75, 3.05) is 17.7 Å². The number of nitrogens with one attached hydrogen (secondary N) is 1. The van der Waals surface area contributed by atoms with E-state index in [1.54, 1.807) is 25.4 Å². The lowest BCUT2D eigenvalue weighted by atomic mass is 9.75. The molecule has 0 saturated heterocycles. The molecule has 1 aromatic carbocycles. The molecule has 1 aliphatic carbocycles. The standard InChI is InChI=1S/C30H31F3N6O4/c1-4-43-21-13-17(27(40)37-22-14-19(8-10-35-22)30(31,32)33)5-6-20(21)23-24-25(34)36-11-12-39(24)26(38-23)18-7-9-29(15-18,16(2)3)28(41)42/h5-6,8,10-14,16,18H,4,7,9,15H2,1-3H3,(H2,34,36)(H,41,42)(H,35,37,40)/t18?,29-/m0/s1. The Labute approximate surface area is 245 Å². The highest BCUT2D eigenvalue weighted by molar-refractivity contribution is 6.04. The van der Waals surface area contributed by atoms with Gasteiger partial charge in [-0.3, -0.25) is 14.0 Å². The lowest BCUT2D eigenvalue weighted by Gasteiger charge is -2.28. The van der Waals surface area contributed by atoms with Crippen molar-refractivity contribution in [3.8, 4) is 17.0 Å². The number of pyridine rings is 1. The van der Waals surface area contributed by atoms with Crippen LogP contribution in [0.25, 0.3) is 16.8 Å². The van der Waals surface area contributed by atoms with Gasteiger partial charge in [0.15, 0.2) is 0 Å². The van der Waals surface area contributed by atoms with Gasteiger partial charge in [-0.05, 0) is 62.4 Å². The number of benzene rings is 1. The molecule has 4 aromatic rings. The van der Waals surface area contributed by atoms with Crippen LogP contribution in [-0.4, -0.2) is 42.9 Å². The second-order valence-electron chi connectivity index (χ2n) is 10.9. The highest BCUT2D eigenvalue weighted by atomic mass is 19.4. The van der Waals surface area contributed by atoms with E-state index in [0.717, 1.165) is 18.3 Å². The number of carboxylic acid groups (broad SMARTS) is 1. The number of halogens is 3. The molecule has 0 radical (unpaired) electrons. The number of rotatable bonds is 8. The lowest BCUT2D eigenvalue weighted by molar-refractivity contribution is -0.151. The molecule has 2 atom stereocenters. The van der Waals surface area contributed by atoms with Crippen molar-refractivity contribution in [1.82, 2.24) is 19.4 Å². The van der Waals surface area contributed by atoms with Crippen molar-refractivity contribution in [3.05, 3.63) is 65.9 Å². The molecular formula is C30H31F3N6O4. The van der Waals surface area contributed by atoms with Crippen molar-refractivity contribution in [2.45, 2.75) is 52.1 Å². The number of ether oxygens (including phenoxy) is 1. The number of anilines is 2. The molecule has 1 fully saturated rings. The maximum absolute atomic E-state index is 13.1. The Morgan fingerprint density at radius 3 is 2.63 bits per heavy atom. The Kier molecular flexibility index (Phi) is 7.76. The Morgan fingerprint density at radius 2 is 1.98 bits per heavy atom. The molecule has 4 N–H and O–H groups in total. The van der Waals surface area contributed by atoms with E-state index < -0.39 is 29.0 Å². The number of fused-ring (bicyclic) bond motifs is 1. The molecule has 13 heteroatoms. The quantitative estimate of drug-likeness (QED) is 0.223. The molecule has 3 aromatic heterocycles. The lowest BCUT2D eigenvalue weighted by Crippen LogP contribution is -2.33. The van der Waals surface area contributed by atoms with Crippen LogP contribution in [0.3, 0.4) is 0 Å². The third-order valence-electron chi connectivity index (χ3n) is 8.18. The Hall–Kier alpha value is -4.68. The molecule has 1 amide bonds. The summed E-state index contributed by atoms with van der Waals surface area (Å²) >= 11 is 0. The summed E-state index contributed by atoms with van der Waals surface area (Å²) in [5.74, 6) is -0.800. The number of hydrogen-bond donors (Lipinski definition) is 3. The van der Waals surface area contributed by atoms with Crippen LogP contribution < -0.4 is 15.8 Å². The van der Waals surface area contributed by atoms with E-state index in [9.17, 15) is 27.9 Å². The number of amides is 1. The molecule has 0 spiro atoms. The van der Waals surface area contributed by atoms with E-state index in [4.69, 9.17) is 15.5 Å². The summed E-state index contributed by atoms with van der Waals surface area (Å²) in [5.41, 5.74) is 6.14. The second kappa shape index (κ2) is 11.2. The predicted molar refractivity (Wildman–Crippen MR) is 153 cm³/mol. The van der Waals surface area contributed by atoms with Gasteiger partial charge in [0.1, 0.15) is 34.4 Å². The van der Waals surface area contributed by atoms with Crippen molar-refractivity contribution >= 4 is 29.0 Å².